The zero-order valence-electron chi connectivity index (χ0n) is 5.69. The molecule has 4 N–H and O–H groups in total. The highest BCUT2D eigenvalue weighted by Gasteiger charge is 1.99. The molecular weight excluding hydrogens is 184 g/mol. The highest BCUT2D eigenvalue weighted by atomic mass is 32.2. The molecule has 0 spiro atoms. The van der Waals surface area contributed by atoms with E-state index in [1.165, 1.54) is 23.1 Å². The maximum atomic E-state index is 5.36. The molecule has 0 aliphatic rings. The standard InChI is InChI=1S/C4H8N4OS2/c5-3-7-8-4(11-3)10-2-1-9-6/h1-2,6H2,(H2,5,7). The van der Waals surface area contributed by atoms with Crippen LogP contribution in [0, 0.1) is 0 Å². The predicted octanol–water partition coefficient (Wildman–Crippen LogP) is 0.103. The van der Waals surface area contributed by atoms with Crippen molar-refractivity contribution in [2.75, 3.05) is 18.1 Å². The topological polar surface area (TPSA) is 87.0 Å². The maximum Gasteiger partial charge on any atom is 0.203 e. The molecule has 7 heteroatoms. The average Bonchev–Trinajstić information content (AvgIpc) is 2.37. The highest BCUT2D eigenvalue weighted by molar-refractivity contribution is 8.01. The first-order valence-electron chi connectivity index (χ1n) is 2.86. The van der Waals surface area contributed by atoms with E-state index in [0.717, 1.165) is 10.1 Å². The molecule has 1 aromatic rings. The number of aromatic nitrogens is 2. The monoisotopic (exact) mass is 192 g/mol. The second-order valence-corrected chi connectivity index (χ2v) is 3.98. The molecule has 0 fully saturated rings. The molecule has 0 saturated carbocycles. The lowest BCUT2D eigenvalue weighted by Gasteiger charge is -1.92. The average molecular weight is 192 g/mol. The van der Waals surface area contributed by atoms with Crippen LogP contribution in [0.4, 0.5) is 5.13 Å². The Bertz CT molecular complexity index is 216. The smallest absolute Gasteiger partial charge is 0.203 e. The van der Waals surface area contributed by atoms with Crippen molar-refractivity contribution in [2.24, 2.45) is 5.90 Å². The molecule has 0 atom stereocenters. The van der Waals surface area contributed by atoms with Crippen LogP contribution in [0.5, 0.6) is 0 Å². The fourth-order valence-corrected chi connectivity index (χ4v) is 1.99. The summed E-state index contributed by atoms with van der Waals surface area (Å²) in [4.78, 5) is 4.37. The predicted molar refractivity (Wildman–Crippen MR) is 45.2 cm³/mol. The van der Waals surface area contributed by atoms with Gasteiger partial charge in [0.25, 0.3) is 0 Å². The van der Waals surface area contributed by atoms with Crippen molar-refractivity contribution >= 4 is 28.2 Å². The third kappa shape index (κ3) is 3.02. The van der Waals surface area contributed by atoms with E-state index in [0.29, 0.717) is 11.7 Å². The summed E-state index contributed by atoms with van der Waals surface area (Å²) in [5.74, 6) is 5.60. The second kappa shape index (κ2) is 4.50. The second-order valence-electron chi connectivity index (χ2n) is 1.63. The minimum Gasteiger partial charge on any atom is -0.374 e. The third-order valence-corrected chi connectivity index (χ3v) is 2.70. The van der Waals surface area contributed by atoms with Crippen LogP contribution >= 0.6 is 23.1 Å². The Morgan fingerprint density at radius 1 is 1.55 bits per heavy atom. The third-order valence-electron chi connectivity index (χ3n) is 0.849. The first-order chi connectivity index (χ1) is 5.33. The van der Waals surface area contributed by atoms with Crippen LogP contribution in [0.15, 0.2) is 4.34 Å². The first-order valence-corrected chi connectivity index (χ1v) is 4.66. The molecule has 1 rings (SSSR count). The van der Waals surface area contributed by atoms with Gasteiger partial charge in [-0.25, -0.2) is 5.90 Å². The fourth-order valence-electron chi connectivity index (χ4n) is 0.456. The Labute approximate surface area is 72.1 Å². The van der Waals surface area contributed by atoms with E-state index in [1.54, 1.807) is 0 Å². The van der Waals surface area contributed by atoms with Crippen LogP contribution in [-0.2, 0) is 4.84 Å². The summed E-state index contributed by atoms with van der Waals surface area (Å²) in [5.41, 5.74) is 5.36. The lowest BCUT2D eigenvalue weighted by Crippen LogP contribution is -2.02. The first kappa shape index (κ1) is 8.72. The van der Waals surface area contributed by atoms with E-state index in [-0.39, 0.29) is 0 Å². The SMILES string of the molecule is NOCCSc1nnc(N)s1. The summed E-state index contributed by atoms with van der Waals surface area (Å²) in [7, 11) is 0. The summed E-state index contributed by atoms with van der Waals surface area (Å²) >= 11 is 2.89. The zero-order chi connectivity index (χ0) is 8.10. The molecule has 0 aromatic carbocycles. The van der Waals surface area contributed by atoms with E-state index in [2.05, 4.69) is 15.0 Å². The molecule has 1 aromatic heterocycles. The molecule has 0 aliphatic carbocycles. The van der Waals surface area contributed by atoms with Crippen LogP contribution in [0.1, 0.15) is 0 Å². The van der Waals surface area contributed by atoms with Gasteiger partial charge in [-0.1, -0.05) is 23.1 Å². The molecule has 0 amide bonds. The Kier molecular flexibility index (Phi) is 3.57. The van der Waals surface area contributed by atoms with Gasteiger partial charge in [-0.2, -0.15) is 0 Å². The summed E-state index contributed by atoms with van der Waals surface area (Å²) in [5, 5.41) is 7.93. The van der Waals surface area contributed by atoms with Crippen LogP contribution in [-0.4, -0.2) is 22.6 Å². The minimum atomic E-state index is 0.487. The Morgan fingerprint density at radius 2 is 2.36 bits per heavy atom. The number of thioether (sulfide) groups is 1. The van der Waals surface area contributed by atoms with E-state index in [1.807, 2.05) is 0 Å². The van der Waals surface area contributed by atoms with Crippen molar-refractivity contribution in [2.45, 2.75) is 4.34 Å². The minimum absolute atomic E-state index is 0.487. The Morgan fingerprint density at radius 3 is 2.91 bits per heavy atom. The van der Waals surface area contributed by atoms with Crippen molar-refractivity contribution in [3.63, 3.8) is 0 Å². The summed E-state index contributed by atoms with van der Waals surface area (Å²) in [6.45, 7) is 0.504. The molecular formula is C4H8N4OS2. The van der Waals surface area contributed by atoms with E-state index < -0.39 is 0 Å². The number of nitrogens with two attached hydrogens (primary N) is 2. The molecule has 0 bridgehead atoms. The number of anilines is 1. The van der Waals surface area contributed by atoms with Crippen LogP contribution < -0.4 is 11.6 Å². The van der Waals surface area contributed by atoms with Gasteiger partial charge in [-0.15, -0.1) is 10.2 Å². The lowest BCUT2D eigenvalue weighted by molar-refractivity contribution is 0.155. The molecule has 5 nitrogen and oxygen atoms in total. The van der Waals surface area contributed by atoms with Gasteiger partial charge in [-0.3, -0.25) is 0 Å². The summed E-state index contributed by atoms with van der Waals surface area (Å²) in [6, 6.07) is 0. The van der Waals surface area contributed by atoms with Crippen molar-refractivity contribution in [3.8, 4) is 0 Å². The molecule has 1 heterocycles. The largest absolute Gasteiger partial charge is 0.374 e. The maximum absolute atomic E-state index is 5.36. The summed E-state index contributed by atoms with van der Waals surface area (Å²) in [6.07, 6.45) is 0. The van der Waals surface area contributed by atoms with E-state index in [4.69, 9.17) is 11.6 Å². The van der Waals surface area contributed by atoms with Crippen LogP contribution in [0.3, 0.4) is 0 Å². The lowest BCUT2D eigenvalue weighted by atomic mass is 10.9. The van der Waals surface area contributed by atoms with Crippen molar-refractivity contribution in [1.82, 2.24) is 10.2 Å². The summed E-state index contributed by atoms with van der Waals surface area (Å²) < 4.78 is 0.847. The van der Waals surface area contributed by atoms with Gasteiger partial charge in [0.2, 0.25) is 5.13 Å². The number of hydrogen-bond donors (Lipinski definition) is 2. The number of nitrogens with zero attached hydrogens (tertiary/aromatic N) is 2. The molecule has 62 valence electrons. The number of nitrogen functional groups attached to an aromatic ring is 1. The molecule has 0 aliphatic heterocycles. The Balaban J connectivity index is 2.27. The highest BCUT2D eigenvalue weighted by Crippen LogP contribution is 2.22. The van der Waals surface area contributed by atoms with Gasteiger partial charge in [0.15, 0.2) is 4.34 Å². The van der Waals surface area contributed by atoms with Crippen LogP contribution in [0.2, 0.25) is 0 Å². The van der Waals surface area contributed by atoms with E-state index in [9.17, 15) is 0 Å². The van der Waals surface area contributed by atoms with Gasteiger partial charge >= 0.3 is 0 Å². The van der Waals surface area contributed by atoms with Crippen molar-refractivity contribution in [1.29, 1.82) is 0 Å². The van der Waals surface area contributed by atoms with Gasteiger partial charge < -0.3 is 10.6 Å². The Hall–Kier alpha value is -0.370. The molecule has 11 heavy (non-hydrogen) atoms. The van der Waals surface area contributed by atoms with Gasteiger partial charge in [0.1, 0.15) is 0 Å². The fraction of sp³-hybridized carbons (Fsp3) is 0.500. The molecule has 0 radical (unpaired) electrons. The van der Waals surface area contributed by atoms with Gasteiger partial charge in [0, 0.05) is 5.75 Å². The van der Waals surface area contributed by atoms with Gasteiger partial charge in [0.05, 0.1) is 6.61 Å². The number of hydrogen-bond acceptors (Lipinski definition) is 7. The van der Waals surface area contributed by atoms with Crippen molar-refractivity contribution < 1.29 is 4.84 Å². The van der Waals surface area contributed by atoms with Crippen LogP contribution in [0.25, 0.3) is 0 Å². The molecule has 0 unspecified atom stereocenters. The normalized spacial score (nSPS) is 10.3. The zero-order valence-corrected chi connectivity index (χ0v) is 7.32. The number of rotatable bonds is 4. The van der Waals surface area contributed by atoms with Gasteiger partial charge in [-0.05, 0) is 0 Å². The molecule has 0 saturated heterocycles. The quantitative estimate of drug-likeness (QED) is 0.400. The van der Waals surface area contributed by atoms with E-state index >= 15 is 0 Å². The van der Waals surface area contributed by atoms with Crippen molar-refractivity contribution in [3.05, 3.63) is 0 Å².